The van der Waals surface area contributed by atoms with E-state index in [-0.39, 0.29) is 17.3 Å². The molecular formula is C17H26N4O2. The standard InChI is InChI=1S/C17H26N4O2/c1-2-8-19-9-11-20(12-10-19)15-13-16(22)21(17(23)18-15)14-6-4-3-5-7-14/h2,13-14H,1,3-12H2,(H,18,23). The van der Waals surface area contributed by atoms with Crippen LogP contribution in [0.1, 0.15) is 38.1 Å². The molecule has 1 saturated heterocycles. The summed E-state index contributed by atoms with van der Waals surface area (Å²) in [6.07, 6.45) is 7.18. The third kappa shape index (κ3) is 3.58. The summed E-state index contributed by atoms with van der Waals surface area (Å²) in [5.41, 5.74) is -0.419. The normalized spacial score (nSPS) is 20.6. The average Bonchev–Trinajstić information content (AvgIpc) is 2.56. The van der Waals surface area contributed by atoms with Crippen LogP contribution in [0.4, 0.5) is 5.82 Å². The van der Waals surface area contributed by atoms with Crippen molar-refractivity contribution in [3.05, 3.63) is 39.6 Å². The Bertz CT molecular complexity index is 618. The summed E-state index contributed by atoms with van der Waals surface area (Å²) >= 11 is 0. The fourth-order valence-corrected chi connectivity index (χ4v) is 3.70. The molecule has 23 heavy (non-hydrogen) atoms. The molecule has 1 aromatic heterocycles. The van der Waals surface area contributed by atoms with Gasteiger partial charge in [-0.15, -0.1) is 6.58 Å². The van der Waals surface area contributed by atoms with Crippen molar-refractivity contribution in [1.29, 1.82) is 0 Å². The van der Waals surface area contributed by atoms with E-state index in [0.29, 0.717) is 5.82 Å². The number of nitrogens with one attached hydrogen (secondary N) is 1. The smallest absolute Gasteiger partial charge is 0.330 e. The van der Waals surface area contributed by atoms with Crippen LogP contribution in [0.25, 0.3) is 0 Å². The van der Waals surface area contributed by atoms with Crippen molar-refractivity contribution < 1.29 is 0 Å². The van der Waals surface area contributed by atoms with Gasteiger partial charge in [0, 0.05) is 44.8 Å². The van der Waals surface area contributed by atoms with Crippen molar-refractivity contribution in [2.45, 2.75) is 38.1 Å². The predicted molar refractivity (Wildman–Crippen MR) is 92.3 cm³/mol. The van der Waals surface area contributed by atoms with Gasteiger partial charge in [0.25, 0.3) is 5.56 Å². The lowest BCUT2D eigenvalue weighted by Gasteiger charge is -2.35. The molecule has 0 bridgehead atoms. The summed E-state index contributed by atoms with van der Waals surface area (Å²) in [4.78, 5) is 32.2. The molecule has 126 valence electrons. The number of hydrogen-bond donors (Lipinski definition) is 1. The van der Waals surface area contributed by atoms with Crippen molar-refractivity contribution >= 4 is 5.82 Å². The van der Waals surface area contributed by atoms with Crippen LogP contribution in [-0.2, 0) is 0 Å². The summed E-state index contributed by atoms with van der Waals surface area (Å²) in [5.74, 6) is 0.658. The number of H-pyrrole nitrogens is 1. The number of hydrogen-bond acceptors (Lipinski definition) is 4. The Kier molecular flexibility index (Phi) is 5.00. The van der Waals surface area contributed by atoms with Gasteiger partial charge in [-0.1, -0.05) is 25.3 Å². The Balaban J connectivity index is 1.76. The van der Waals surface area contributed by atoms with E-state index in [2.05, 4.69) is 21.4 Å². The molecule has 0 amide bonds. The summed E-state index contributed by atoms with van der Waals surface area (Å²) in [5, 5.41) is 0. The van der Waals surface area contributed by atoms with Crippen molar-refractivity contribution in [2.75, 3.05) is 37.6 Å². The maximum Gasteiger partial charge on any atom is 0.330 e. The first kappa shape index (κ1) is 16.1. The minimum absolute atomic E-state index is 0.0680. The minimum Gasteiger partial charge on any atom is -0.355 e. The molecule has 1 aliphatic heterocycles. The maximum atomic E-state index is 12.5. The van der Waals surface area contributed by atoms with Crippen LogP contribution < -0.4 is 16.1 Å². The van der Waals surface area contributed by atoms with Gasteiger partial charge < -0.3 is 4.90 Å². The Labute approximate surface area is 136 Å². The lowest BCUT2D eigenvalue weighted by Crippen LogP contribution is -2.48. The second kappa shape index (κ2) is 7.17. The monoisotopic (exact) mass is 318 g/mol. The van der Waals surface area contributed by atoms with Gasteiger partial charge in [-0.25, -0.2) is 4.79 Å². The molecule has 1 saturated carbocycles. The fourth-order valence-electron chi connectivity index (χ4n) is 3.70. The Morgan fingerprint density at radius 2 is 1.83 bits per heavy atom. The van der Waals surface area contributed by atoms with E-state index in [0.717, 1.165) is 58.4 Å². The number of rotatable bonds is 4. The Morgan fingerprint density at radius 1 is 1.13 bits per heavy atom. The third-order valence-electron chi connectivity index (χ3n) is 4.99. The lowest BCUT2D eigenvalue weighted by molar-refractivity contribution is 0.283. The van der Waals surface area contributed by atoms with Crippen LogP contribution in [0.2, 0.25) is 0 Å². The summed E-state index contributed by atoms with van der Waals surface area (Å²) in [6.45, 7) is 8.11. The largest absolute Gasteiger partial charge is 0.355 e. The van der Waals surface area contributed by atoms with Crippen LogP contribution in [0.15, 0.2) is 28.3 Å². The molecule has 2 fully saturated rings. The highest BCUT2D eigenvalue weighted by atomic mass is 16.2. The molecule has 1 aliphatic carbocycles. The van der Waals surface area contributed by atoms with Crippen molar-refractivity contribution in [3.8, 4) is 0 Å². The van der Waals surface area contributed by atoms with Crippen LogP contribution in [0.3, 0.4) is 0 Å². The van der Waals surface area contributed by atoms with Gasteiger partial charge in [-0.05, 0) is 12.8 Å². The minimum atomic E-state index is -0.257. The maximum absolute atomic E-state index is 12.5. The van der Waals surface area contributed by atoms with Gasteiger partial charge >= 0.3 is 5.69 Å². The predicted octanol–water partition coefficient (Wildman–Crippen LogP) is 1.35. The second-order valence-electron chi connectivity index (χ2n) is 6.54. The molecule has 6 nitrogen and oxygen atoms in total. The highest BCUT2D eigenvalue weighted by molar-refractivity contribution is 5.37. The molecule has 6 heteroatoms. The molecule has 1 aromatic rings. The van der Waals surface area contributed by atoms with Gasteiger partial charge in [0.2, 0.25) is 0 Å². The number of anilines is 1. The van der Waals surface area contributed by atoms with E-state index < -0.39 is 0 Å². The quantitative estimate of drug-likeness (QED) is 0.851. The molecule has 1 N–H and O–H groups in total. The van der Waals surface area contributed by atoms with Crippen LogP contribution >= 0.6 is 0 Å². The SMILES string of the molecule is C=CCN1CCN(c2cc(=O)n(C3CCCCC3)c(=O)[nH]2)CC1. The first-order chi connectivity index (χ1) is 11.2. The molecule has 0 atom stereocenters. The molecule has 2 aliphatic rings. The van der Waals surface area contributed by atoms with E-state index in [1.54, 1.807) is 6.07 Å². The van der Waals surface area contributed by atoms with Crippen molar-refractivity contribution in [2.24, 2.45) is 0 Å². The highest BCUT2D eigenvalue weighted by Gasteiger charge is 2.21. The molecule has 3 rings (SSSR count). The van der Waals surface area contributed by atoms with Gasteiger partial charge in [-0.3, -0.25) is 19.2 Å². The van der Waals surface area contributed by atoms with Crippen molar-refractivity contribution in [1.82, 2.24) is 14.5 Å². The zero-order valence-electron chi connectivity index (χ0n) is 13.7. The van der Waals surface area contributed by atoms with E-state index in [1.165, 1.54) is 11.0 Å². The van der Waals surface area contributed by atoms with Gasteiger partial charge in [0.05, 0.1) is 0 Å². The van der Waals surface area contributed by atoms with Crippen molar-refractivity contribution in [3.63, 3.8) is 0 Å². The molecule has 0 radical (unpaired) electrons. The van der Waals surface area contributed by atoms with E-state index in [4.69, 9.17) is 0 Å². The number of piperazine rings is 1. The topological polar surface area (TPSA) is 61.3 Å². The van der Waals surface area contributed by atoms with Gasteiger partial charge in [-0.2, -0.15) is 0 Å². The third-order valence-corrected chi connectivity index (χ3v) is 4.99. The zero-order valence-corrected chi connectivity index (χ0v) is 13.7. The van der Waals surface area contributed by atoms with E-state index >= 15 is 0 Å². The summed E-state index contributed by atoms with van der Waals surface area (Å²) in [6, 6.07) is 1.66. The number of aromatic nitrogens is 2. The number of nitrogens with zero attached hydrogens (tertiary/aromatic N) is 3. The molecule has 0 spiro atoms. The molecule has 0 unspecified atom stereocenters. The molecule has 0 aromatic carbocycles. The summed E-state index contributed by atoms with van der Waals surface area (Å²) in [7, 11) is 0. The van der Waals surface area contributed by atoms with Gasteiger partial charge in [0.1, 0.15) is 5.82 Å². The lowest BCUT2D eigenvalue weighted by atomic mass is 9.95. The molecule has 2 heterocycles. The van der Waals surface area contributed by atoms with Crippen LogP contribution in [0, 0.1) is 0 Å². The first-order valence-corrected chi connectivity index (χ1v) is 8.63. The Morgan fingerprint density at radius 3 is 2.43 bits per heavy atom. The first-order valence-electron chi connectivity index (χ1n) is 8.63. The van der Waals surface area contributed by atoms with Gasteiger partial charge in [0.15, 0.2) is 0 Å². The fraction of sp³-hybridized carbons (Fsp3) is 0.647. The molecular weight excluding hydrogens is 292 g/mol. The van der Waals surface area contributed by atoms with E-state index in [1.807, 2.05) is 6.08 Å². The highest BCUT2D eigenvalue weighted by Crippen LogP contribution is 2.25. The Hall–Kier alpha value is -1.82. The van der Waals surface area contributed by atoms with Crippen LogP contribution in [0.5, 0.6) is 0 Å². The van der Waals surface area contributed by atoms with Crippen LogP contribution in [-0.4, -0.2) is 47.2 Å². The zero-order chi connectivity index (χ0) is 16.2. The second-order valence-corrected chi connectivity index (χ2v) is 6.54. The van der Waals surface area contributed by atoms with E-state index in [9.17, 15) is 9.59 Å². The summed E-state index contributed by atoms with van der Waals surface area (Å²) < 4.78 is 1.43. The number of aromatic amines is 1. The average molecular weight is 318 g/mol.